The monoisotopic (exact) mass is 293 g/mol. The van der Waals surface area contributed by atoms with Crippen LogP contribution in [-0.4, -0.2) is 6.54 Å². The van der Waals surface area contributed by atoms with E-state index in [1.54, 1.807) is 0 Å². The number of benzene rings is 1. The molecule has 1 aromatic rings. The molecule has 0 aromatic heterocycles. The van der Waals surface area contributed by atoms with E-state index in [4.69, 9.17) is 11.6 Å². The Bertz CT molecular complexity index is 404. The lowest BCUT2D eigenvalue weighted by Crippen LogP contribution is -2.32. The van der Waals surface area contributed by atoms with Gasteiger partial charge in [0.2, 0.25) is 0 Å². The number of hydrogen-bond acceptors (Lipinski definition) is 1. The van der Waals surface area contributed by atoms with Crippen molar-refractivity contribution in [1.29, 1.82) is 0 Å². The van der Waals surface area contributed by atoms with Crippen LogP contribution in [0.2, 0.25) is 5.02 Å². The molecule has 3 atom stereocenters. The lowest BCUT2D eigenvalue weighted by molar-refractivity contribution is 0.209. The molecule has 1 aliphatic rings. The quantitative estimate of drug-likeness (QED) is 0.720. The van der Waals surface area contributed by atoms with Crippen LogP contribution in [0.1, 0.15) is 64.0 Å². The average Bonchev–Trinajstić information content (AvgIpc) is 2.48. The molecular formula is C18H28ClN. The summed E-state index contributed by atoms with van der Waals surface area (Å²) in [5.41, 5.74) is 1.37. The first-order chi connectivity index (χ1) is 9.74. The highest BCUT2D eigenvalue weighted by Gasteiger charge is 2.28. The molecular weight excluding hydrogens is 266 g/mol. The van der Waals surface area contributed by atoms with Gasteiger partial charge in [0.25, 0.3) is 0 Å². The molecule has 0 saturated heterocycles. The molecule has 3 unspecified atom stereocenters. The Kier molecular flexibility index (Phi) is 6.38. The highest BCUT2D eigenvalue weighted by atomic mass is 35.5. The number of halogens is 1. The molecule has 1 aliphatic carbocycles. The van der Waals surface area contributed by atoms with Gasteiger partial charge in [0.1, 0.15) is 0 Å². The summed E-state index contributed by atoms with van der Waals surface area (Å²) >= 11 is 6.19. The Hall–Kier alpha value is -0.530. The minimum Gasteiger partial charge on any atom is -0.310 e. The van der Waals surface area contributed by atoms with Gasteiger partial charge in [-0.25, -0.2) is 0 Å². The minimum absolute atomic E-state index is 0.475. The van der Waals surface area contributed by atoms with E-state index in [1.807, 2.05) is 6.07 Å². The van der Waals surface area contributed by atoms with Crippen LogP contribution < -0.4 is 5.32 Å². The Balaban J connectivity index is 2.14. The molecule has 1 fully saturated rings. The maximum Gasteiger partial charge on any atom is 0.0409 e. The van der Waals surface area contributed by atoms with Gasteiger partial charge in [-0.3, -0.25) is 0 Å². The Morgan fingerprint density at radius 2 is 2.15 bits per heavy atom. The largest absolute Gasteiger partial charge is 0.310 e. The highest BCUT2D eigenvalue weighted by molar-refractivity contribution is 6.30. The second-order valence-electron chi connectivity index (χ2n) is 6.19. The van der Waals surface area contributed by atoms with Gasteiger partial charge in [0.05, 0.1) is 0 Å². The van der Waals surface area contributed by atoms with Crippen LogP contribution in [0.5, 0.6) is 0 Å². The van der Waals surface area contributed by atoms with Crippen molar-refractivity contribution in [2.45, 2.75) is 58.4 Å². The van der Waals surface area contributed by atoms with Crippen LogP contribution >= 0.6 is 11.6 Å². The van der Waals surface area contributed by atoms with Gasteiger partial charge in [-0.2, -0.15) is 0 Å². The van der Waals surface area contributed by atoms with E-state index < -0.39 is 0 Å². The van der Waals surface area contributed by atoms with Gasteiger partial charge in [-0.15, -0.1) is 0 Å². The van der Waals surface area contributed by atoms with Gasteiger partial charge in [-0.1, -0.05) is 56.8 Å². The van der Waals surface area contributed by atoms with Crippen LogP contribution in [0.3, 0.4) is 0 Å². The zero-order valence-electron chi connectivity index (χ0n) is 12.9. The first kappa shape index (κ1) is 15.9. The molecule has 1 aromatic carbocycles. The van der Waals surface area contributed by atoms with Crippen molar-refractivity contribution in [1.82, 2.24) is 5.32 Å². The lowest BCUT2D eigenvalue weighted by atomic mass is 9.75. The first-order valence-corrected chi connectivity index (χ1v) is 8.61. The molecule has 1 N–H and O–H groups in total. The van der Waals surface area contributed by atoms with Crippen molar-refractivity contribution in [2.24, 2.45) is 11.8 Å². The zero-order valence-corrected chi connectivity index (χ0v) is 13.6. The van der Waals surface area contributed by atoms with Gasteiger partial charge in [0, 0.05) is 11.1 Å². The van der Waals surface area contributed by atoms with Crippen molar-refractivity contribution in [2.75, 3.05) is 6.54 Å². The Labute approximate surface area is 129 Å². The third-order valence-corrected chi connectivity index (χ3v) is 4.93. The number of hydrogen-bond donors (Lipinski definition) is 1. The first-order valence-electron chi connectivity index (χ1n) is 8.23. The summed E-state index contributed by atoms with van der Waals surface area (Å²) in [5.74, 6) is 1.68. The SMILES string of the molecule is CCCNC(c1cccc(Cl)c1)C1CCCC(CC)C1. The van der Waals surface area contributed by atoms with Crippen LogP contribution in [-0.2, 0) is 0 Å². The summed E-state index contributed by atoms with van der Waals surface area (Å²) in [5, 5.41) is 4.62. The molecule has 0 bridgehead atoms. The maximum absolute atomic E-state index is 6.19. The third kappa shape index (κ3) is 4.23. The maximum atomic E-state index is 6.19. The highest BCUT2D eigenvalue weighted by Crippen LogP contribution is 2.38. The molecule has 2 rings (SSSR count). The molecule has 0 spiro atoms. The fourth-order valence-electron chi connectivity index (χ4n) is 3.56. The van der Waals surface area contributed by atoms with Crippen molar-refractivity contribution in [3.8, 4) is 0 Å². The van der Waals surface area contributed by atoms with Gasteiger partial charge < -0.3 is 5.32 Å². The third-order valence-electron chi connectivity index (χ3n) is 4.69. The second-order valence-corrected chi connectivity index (χ2v) is 6.62. The van der Waals surface area contributed by atoms with Gasteiger partial charge in [-0.05, 0) is 55.3 Å². The van der Waals surface area contributed by atoms with Crippen LogP contribution in [0.15, 0.2) is 24.3 Å². The predicted octanol–water partition coefficient (Wildman–Crippen LogP) is 5.60. The summed E-state index contributed by atoms with van der Waals surface area (Å²) in [6, 6.07) is 8.90. The molecule has 0 radical (unpaired) electrons. The van der Waals surface area contributed by atoms with Gasteiger partial charge in [0.15, 0.2) is 0 Å². The normalized spacial score (nSPS) is 24.6. The fraction of sp³-hybridized carbons (Fsp3) is 0.667. The molecule has 2 heteroatoms. The fourth-order valence-corrected chi connectivity index (χ4v) is 3.76. The van der Waals surface area contributed by atoms with Crippen LogP contribution in [0, 0.1) is 11.8 Å². The summed E-state index contributed by atoms with van der Waals surface area (Å²) in [7, 11) is 0. The Morgan fingerprint density at radius 1 is 1.30 bits per heavy atom. The van der Waals surface area contributed by atoms with Crippen LogP contribution in [0.4, 0.5) is 0 Å². The lowest BCUT2D eigenvalue weighted by Gasteiger charge is -2.35. The van der Waals surface area contributed by atoms with Crippen molar-refractivity contribution >= 4 is 11.6 Å². The summed E-state index contributed by atoms with van der Waals surface area (Å²) in [6.07, 6.45) is 8.03. The molecule has 20 heavy (non-hydrogen) atoms. The summed E-state index contributed by atoms with van der Waals surface area (Å²) in [6.45, 7) is 5.66. The average molecular weight is 294 g/mol. The van der Waals surface area contributed by atoms with E-state index in [0.29, 0.717) is 6.04 Å². The van der Waals surface area contributed by atoms with E-state index >= 15 is 0 Å². The smallest absolute Gasteiger partial charge is 0.0409 e. The van der Waals surface area contributed by atoms with E-state index in [-0.39, 0.29) is 0 Å². The topological polar surface area (TPSA) is 12.0 Å². The summed E-state index contributed by atoms with van der Waals surface area (Å²) in [4.78, 5) is 0. The molecule has 1 nitrogen and oxygen atoms in total. The molecule has 0 amide bonds. The summed E-state index contributed by atoms with van der Waals surface area (Å²) < 4.78 is 0. The Morgan fingerprint density at radius 3 is 2.85 bits per heavy atom. The minimum atomic E-state index is 0.475. The van der Waals surface area contributed by atoms with Crippen molar-refractivity contribution < 1.29 is 0 Å². The molecule has 0 aliphatic heterocycles. The second kappa shape index (κ2) is 8.05. The predicted molar refractivity (Wildman–Crippen MR) is 88.2 cm³/mol. The van der Waals surface area contributed by atoms with E-state index in [0.717, 1.165) is 23.4 Å². The molecule has 112 valence electrons. The number of nitrogens with one attached hydrogen (secondary N) is 1. The standard InChI is InChI=1S/C18H28ClN/c1-3-11-20-18(16-9-6-10-17(19)13-16)15-8-5-7-14(4-2)12-15/h6,9-10,13-15,18,20H,3-5,7-8,11-12H2,1-2H3. The van der Waals surface area contributed by atoms with Crippen molar-refractivity contribution in [3.63, 3.8) is 0 Å². The van der Waals surface area contributed by atoms with Crippen molar-refractivity contribution in [3.05, 3.63) is 34.9 Å². The van der Waals surface area contributed by atoms with E-state index in [2.05, 4.69) is 37.4 Å². The number of rotatable bonds is 6. The van der Waals surface area contributed by atoms with Crippen LogP contribution in [0.25, 0.3) is 0 Å². The zero-order chi connectivity index (χ0) is 14.4. The van der Waals surface area contributed by atoms with E-state index in [9.17, 15) is 0 Å². The van der Waals surface area contributed by atoms with E-state index in [1.165, 1.54) is 44.1 Å². The van der Waals surface area contributed by atoms with Gasteiger partial charge >= 0.3 is 0 Å². The molecule has 0 heterocycles. The molecule has 1 saturated carbocycles.